The SMILES string of the molecule is CC(C)C1CCC(c2ccc(O)c(C3CCCCC3)c2)(c2ccc(O)c(C3CCCCC3)c2)CC1. The van der Waals surface area contributed by atoms with Gasteiger partial charge in [-0.2, -0.15) is 0 Å². The molecule has 0 spiro atoms. The molecule has 0 aromatic heterocycles. The van der Waals surface area contributed by atoms with Crippen molar-refractivity contribution in [2.75, 3.05) is 0 Å². The summed E-state index contributed by atoms with van der Waals surface area (Å²) in [6.07, 6.45) is 17.4. The van der Waals surface area contributed by atoms with Crippen LogP contribution in [-0.4, -0.2) is 10.2 Å². The molecule has 0 heterocycles. The lowest BCUT2D eigenvalue weighted by Gasteiger charge is -2.43. The van der Waals surface area contributed by atoms with Crippen LogP contribution in [0.5, 0.6) is 11.5 Å². The fourth-order valence-electron chi connectivity index (χ4n) is 7.73. The van der Waals surface area contributed by atoms with E-state index in [1.165, 1.54) is 99.3 Å². The van der Waals surface area contributed by atoms with E-state index in [2.05, 4.69) is 38.1 Å². The third kappa shape index (κ3) is 5.00. The van der Waals surface area contributed by atoms with Gasteiger partial charge in [0.2, 0.25) is 0 Å². The summed E-state index contributed by atoms with van der Waals surface area (Å²) in [7, 11) is 0. The summed E-state index contributed by atoms with van der Waals surface area (Å²) in [4.78, 5) is 0. The van der Waals surface area contributed by atoms with Gasteiger partial charge in [0.25, 0.3) is 0 Å². The molecular weight excluding hydrogens is 428 g/mol. The van der Waals surface area contributed by atoms with Gasteiger partial charge in [-0.1, -0.05) is 76.6 Å². The zero-order valence-electron chi connectivity index (χ0n) is 22.1. The number of hydrogen-bond acceptors (Lipinski definition) is 2. The largest absolute Gasteiger partial charge is 0.508 e. The second-order valence-corrected chi connectivity index (χ2v) is 12.4. The quantitative estimate of drug-likeness (QED) is 0.453. The van der Waals surface area contributed by atoms with Crippen LogP contribution >= 0.6 is 0 Å². The van der Waals surface area contributed by atoms with Crippen LogP contribution in [0.2, 0.25) is 0 Å². The first-order chi connectivity index (χ1) is 17.0. The van der Waals surface area contributed by atoms with Crippen LogP contribution in [0.1, 0.15) is 138 Å². The van der Waals surface area contributed by atoms with E-state index in [1.807, 2.05) is 12.1 Å². The van der Waals surface area contributed by atoms with Crippen molar-refractivity contribution in [2.45, 2.75) is 121 Å². The van der Waals surface area contributed by atoms with Crippen LogP contribution in [0.15, 0.2) is 36.4 Å². The monoisotopic (exact) mass is 474 g/mol. The molecule has 190 valence electrons. The number of hydrogen-bond donors (Lipinski definition) is 2. The number of phenols is 2. The Hall–Kier alpha value is -1.96. The molecule has 0 unspecified atom stereocenters. The molecule has 0 radical (unpaired) electrons. The van der Waals surface area contributed by atoms with Crippen molar-refractivity contribution in [1.29, 1.82) is 0 Å². The third-order valence-electron chi connectivity index (χ3n) is 10.1. The van der Waals surface area contributed by atoms with Crippen LogP contribution in [-0.2, 0) is 5.41 Å². The first-order valence-corrected chi connectivity index (χ1v) is 14.6. The Bertz CT molecular complexity index is 917. The van der Waals surface area contributed by atoms with Crippen molar-refractivity contribution < 1.29 is 10.2 Å². The van der Waals surface area contributed by atoms with Crippen molar-refractivity contribution in [2.24, 2.45) is 11.8 Å². The molecule has 3 aliphatic carbocycles. The average Bonchev–Trinajstić information content (AvgIpc) is 2.90. The second kappa shape index (κ2) is 10.6. The maximum atomic E-state index is 10.9. The average molecular weight is 475 g/mol. The summed E-state index contributed by atoms with van der Waals surface area (Å²) in [6.45, 7) is 4.75. The smallest absolute Gasteiger partial charge is 0.119 e. The van der Waals surface area contributed by atoms with Crippen molar-refractivity contribution in [3.05, 3.63) is 58.7 Å². The second-order valence-electron chi connectivity index (χ2n) is 12.4. The molecule has 5 rings (SSSR count). The Balaban J connectivity index is 1.57. The Morgan fingerprint density at radius 2 is 1.06 bits per heavy atom. The molecule has 0 bridgehead atoms. The summed E-state index contributed by atoms with van der Waals surface area (Å²) < 4.78 is 0. The van der Waals surface area contributed by atoms with Crippen LogP contribution in [0.25, 0.3) is 0 Å². The van der Waals surface area contributed by atoms with Gasteiger partial charge in [0, 0.05) is 5.41 Å². The van der Waals surface area contributed by atoms with Gasteiger partial charge in [-0.25, -0.2) is 0 Å². The van der Waals surface area contributed by atoms with E-state index in [9.17, 15) is 10.2 Å². The van der Waals surface area contributed by atoms with Crippen molar-refractivity contribution in [3.8, 4) is 11.5 Å². The zero-order valence-corrected chi connectivity index (χ0v) is 22.1. The molecule has 2 heteroatoms. The van der Waals surface area contributed by atoms with Crippen LogP contribution in [0.4, 0.5) is 0 Å². The number of aromatic hydroxyl groups is 2. The first kappa shape index (κ1) is 24.7. The van der Waals surface area contributed by atoms with E-state index in [0.717, 1.165) is 24.7 Å². The minimum Gasteiger partial charge on any atom is -0.508 e. The standard InChI is InChI=1S/C33H46O2/c1-23(2)24-17-19-33(20-18-24,27-13-15-31(34)29(21-27)25-9-5-3-6-10-25)28-14-16-32(35)30(22-28)26-11-7-4-8-12-26/h13-16,21-26,34-35H,3-12,17-20H2,1-2H3. The summed E-state index contributed by atoms with van der Waals surface area (Å²) in [5.74, 6) is 3.47. The van der Waals surface area contributed by atoms with E-state index in [0.29, 0.717) is 23.3 Å². The van der Waals surface area contributed by atoms with Gasteiger partial charge in [0.05, 0.1) is 0 Å². The fourth-order valence-corrected chi connectivity index (χ4v) is 7.73. The molecule has 2 N–H and O–H groups in total. The van der Waals surface area contributed by atoms with Gasteiger partial charge < -0.3 is 10.2 Å². The summed E-state index contributed by atoms with van der Waals surface area (Å²) in [5.41, 5.74) is 5.11. The lowest BCUT2D eigenvalue weighted by atomic mass is 9.61. The first-order valence-electron chi connectivity index (χ1n) is 14.6. The minimum atomic E-state index is -0.0282. The van der Waals surface area contributed by atoms with E-state index in [-0.39, 0.29) is 5.41 Å². The molecule has 3 saturated carbocycles. The molecule has 35 heavy (non-hydrogen) atoms. The Morgan fingerprint density at radius 1 is 0.629 bits per heavy atom. The normalized spacial score (nSPS) is 22.5. The minimum absolute atomic E-state index is 0.0282. The summed E-state index contributed by atoms with van der Waals surface area (Å²) in [6, 6.07) is 13.2. The van der Waals surface area contributed by atoms with Gasteiger partial charge in [-0.3, -0.25) is 0 Å². The molecule has 0 amide bonds. The highest BCUT2D eigenvalue weighted by atomic mass is 16.3. The van der Waals surface area contributed by atoms with Gasteiger partial charge in [-0.05, 0) is 109 Å². The maximum Gasteiger partial charge on any atom is 0.119 e. The molecule has 2 nitrogen and oxygen atoms in total. The lowest BCUT2D eigenvalue weighted by molar-refractivity contribution is 0.217. The van der Waals surface area contributed by atoms with E-state index < -0.39 is 0 Å². The van der Waals surface area contributed by atoms with Gasteiger partial charge in [-0.15, -0.1) is 0 Å². The van der Waals surface area contributed by atoms with Crippen molar-refractivity contribution in [1.82, 2.24) is 0 Å². The van der Waals surface area contributed by atoms with E-state index in [4.69, 9.17) is 0 Å². The van der Waals surface area contributed by atoms with E-state index >= 15 is 0 Å². The fraction of sp³-hybridized carbons (Fsp3) is 0.636. The molecular formula is C33H46O2. The van der Waals surface area contributed by atoms with Crippen LogP contribution < -0.4 is 0 Å². The predicted molar refractivity (Wildman–Crippen MR) is 145 cm³/mol. The van der Waals surface area contributed by atoms with Crippen LogP contribution in [0, 0.1) is 11.8 Å². The number of phenolic OH excluding ortho intramolecular Hbond substituents is 2. The Morgan fingerprint density at radius 3 is 1.46 bits per heavy atom. The zero-order chi connectivity index (χ0) is 24.4. The van der Waals surface area contributed by atoms with Crippen molar-refractivity contribution in [3.63, 3.8) is 0 Å². The molecule has 2 aromatic rings. The molecule has 2 aromatic carbocycles. The highest BCUT2D eigenvalue weighted by Crippen LogP contribution is 2.51. The molecule has 0 atom stereocenters. The van der Waals surface area contributed by atoms with Crippen LogP contribution in [0.3, 0.4) is 0 Å². The molecule has 0 aliphatic heterocycles. The number of benzene rings is 2. The van der Waals surface area contributed by atoms with Gasteiger partial charge in [0.1, 0.15) is 11.5 Å². The lowest BCUT2D eigenvalue weighted by Crippen LogP contribution is -2.34. The Kier molecular flexibility index (Phi) is 7.47. The third-order valence-corrected chi connectivity index (χ3v) is 10.1. The summed E-state index contributed by atoms with van der Waals surface area (Å²) in [5, 5.41) is 21.7. The van der Waals surface area contributed by atoms with Crippen molar-refractivity contribution >= 4 is 0 Å². The van der Waals surface area contributed by atoms with E-state index in [1.54, 1.807) is 0 Å². The summed E-state index contributed by atoms with van der Waals surface area (Å²) >= 11 is 0. The highest BCUT2D eigenvalue weighted by molar-refractivity contribution is 5.50. The predicted octanol–water partition coefficient (Wildman–Crippen LogP) is 9.33. The topological polar surface area (TPSA) is 40.5 Å². The van der Waals surface area contributed by atoms with Gasteiger partial charge >= 0.3 is 0 Å². The molecule has 0 saturated heterocycles. The Labute approximate surface area is 213 Å². The number of rotatable bonds is 5. The van der Waals surface area contributed by atoms with Gasteiger partial charge in [0.15, 0.2) is 0 Å². The maximum absolute atomic E-state index is 10.9. The highest BCUT2D eigenvalue weighted by Gasteiger charge is 2.40. The molecule has 3 aliphatic rings. The molecule has 3 fully saturated rings.